The SMILES string of the molecule is CCn1cc(Nc2nccc(-c3ccc(CNC(=O)N4CCC4)c(C(F)(F)F)c3)n2)cn1. The lowest BCUT2D eigenvalue weighted by Crippen LogP contribution is -2.47. The summed E-state index contributed by atoms with van der Waals surface area (Å²) in [6, 6.07) is 5.16. The van der Waals surface area contributed by atoms with Gasteiger partial charge in [-0.3, -0.25) is 4.68 Å². The van der Waals surface area contributed by atoms with Crippen molar-refractivity contribution < 1.29 is 18.0 Å². The van der Waals surface area contributed by atoms with E-state index in [1.165, 1.54) is 12.3 Å². The molecule has 0 unspecified atom stereocenters. The topological polar surface area (TPSA) is 88.0 Å². The maximum Gasteiger partial charge on any atom is 0.416 e. The second-order valence-electron chi connectivity index (χ2n) is 7.34. The molecule has 0 radical (unpaired) electrons. The third-order valence-electron chi connectivity index (χ3n) is 5.15. The van der Waals surface area contributed by atoms with E-state index in [-0.39, 0.29) is 24.1 Å². The summed E-state index contributed by atoms with van der Waals surface area (Å²) >= 11 is 0. The number of carbonyl (C=O) groups is 1. The fourth-order valence-electron chi connectivity index (χ4n) is 3.27. The number of amides is 2. The number of urea groups is 1. The lowest BCUT2D eigenvalue weighted by molar-refractivity contribution is -0.138. The van der Waals surface area contributed by atoms with Gasteiger partial charge in [0.15, 0.2) is 0 Å². The summed E-state index contributed by atoms with van der Waals surface area (Å²) in [5.41, 5.74) is 0.496. The zero-order valence-corrected chi connectivity index (χ0v) is 17.4. The normalized spacial score (nSPS) is 13.6. The zero-order chi connectivity index (χ0) is 22.7. The quantitative estimate of drug-likeness (QED) is 0.598. The Hall–Kier alpha value is -3.63. The van der Waals surface area contributed by atoms with Gasteiger partial charge in [0, 0.05) is 44.1 Å². The van der Waals surface area contributed by atoms with E-state index in [1.54, 1.807) is 34.1 Å². The Bertz CT molecular complexity index is 1110. The molecule has 0 atom stereocenters. The second-order valence-corrected chi connectivity index (χ2v) is 7.34. The lowest BCUT2D eigenvalue weighted by Gasteiger charge is -2.31. The number of likely N-dealkylation sites (tertiary alicyclic amines) is 1. The van der Waals surface area contributed by atoms with Crippen molar-refractivity contribution in [3.05, 3.63) is 54.0 Å². The summed E-state index contributed by atoms with van der Waals surface area (Å²) in [4.78, 5) is 22.0. The summed E-state index contributed by atoms with van der Waals surface area (Å²) < 4.78 is 42.9. The number of aromatic nitrogens is 4. The van der Waals surface area contributed by atoms with Gasteiger partial charge in [-0.05, 0) is 31.0 Å². The van der Waals surface area contributed by atoms with Gasteiger partial charge in [0.25, 0.3) is 0 Å². The Morgan fingerprint density at radius 3 is 2.69 bits per heavy atom. The first-order valence-electron chi connectivity index (χ1n) is 10.2. The number of alkyl halides is 3. The molecule has 32 heavy (non-hydrogen) atoms. The molecule has 0 aliphatic carbocycles. The lowest BCUT2D eigenvalue weighted by atomic mass is 10.0. The van der Waals surface area contributed by atoms with Gasteiger partial charge in [-0.25, -0.2) is 14.8 Å². The summed E-state index contributed by atoms with van der Waals surface area (Å²) in [5.74, 6) is 0.248. The molecule has 4 rings (SSSR count). The first-order chi connectivity index (χ1) is 15.3. The summed E-state index contributed by atoms with van der Waals surface area (Å²) in [6.07, 6.45) is 1.21. The Labute approximate surface area is 182 Å². The minimum absolute atomic E-state index is 0.00509. The Balaban J connectivity index is 1.55. The smallest absolute Gasteiger partial charge is 0.334 e. The van der Waals surface area contributed by atoms with Crippen LogP contribution in [0.2, 0.25) is 0 Å². The third kappa shape index (κ3) is 4.82. The molecule has 1 aromatic carbocycles. The van der Waals surface area contributed by atoms with Gasteiger partial charge in [-0.15, -0.1) is 0 Å². The fraction of sp³-hybridized carbons (Fsp3) is 0.333. The van der Waals surface area contributed by atoms with Crippen LogP contribution in [0.3, 0.4) is 0 Å². The Kier molecular flexibility index (Phi) is 5.97. The molecule has 3 aromatic rings. The number of halogens is 3. The van der Waals surface area contributed by atoms with E-state index in [9.17, 15) is 18.0 Å². The summed E-state index contributed by atoms with van der Waals surface area (Å²) in [5, 5.41) is 9.71. The van der Waals surface area contributed by atoms with Crippen molar-refractivity contribution in [1.82, 2.24) is 30.0 Å². The maximum atomic E-state index is 13.7. The molecule has 0 bridgehead atoms. The molecule has 1 saturated heterocycles. The predicted octanol–water partition coefficient (Wildman–Crippen LogP) is 4.04. The monoisotopic (exact) mass is 445 g/mol. The number of benzene rings is 1. The molecule has 8 nitrogen and oxygen atoms in total. The number of hydrogen-bond donors (Lipinski definition) is 2. The van der Waals surface area contributed by atoms with E-state index < -0.39 is 11.7 Å². The first-order valence-corrected chi connectivity index (χ1v) is 10.2. The molecule has 0 saturated carbocycles. The van der Waals surface area contributed by atoms with Crippen molar-refractivity contribution in [3.63, 3.8) is 0 Å². The molecule has 0 spiro atoms. The number of hydrogen-bond acceptors (Lipinski definition) is 5. The summed E-state index contributed by atoms with van der Waals surface area (Å²) in [6.45, 7) is 3.70. The Morgan fingerprint density at radius 2 is 2.03 bits per heavy atom. The molecular weight excluding hydrogens is 423 g/mol. The van der Waals surface area contributed by atoms with Crippen LogP contribution in [0, 0.1) is 0 Å². The predicted molar refractivity (Wildman–Crippen MR) is 112 cm³/mol. The molecular formula is C21H22F3N7O. The average Bonchev–Trinajstić information content (AvgIpc) is 3.18. The molecule has 11 heteroatoms. The fourth-order valence-corrected chi connectivity index (χ4v) is 3.27. The van der Waals surface area contributed by atoms with Crippen LogP contribution in [-0.2, 0) is 19.3 Å². The van der Waals surface area contributed by atoms with E-state index in [0.717, 1.165) is 12.5 Å². The molecule has 168 valence electrons. The molecule has 3 heterocycles. The van der Waals surface area contributed by atoms with Gasteiger partial charge in [0.1, 0.15) is 0 Å². The number of anilines is 2. The highest BCUT2D eigenvalue weighted by atomic mass is 19.4. The number of rotatable bonds is 6. The van der Waals surface area contributed by atoms with Crippen LogP contribution in [-0.4, -0.2) is 43.8 Å². The molecule has 1 aliphatic heterocycles. The van der Waals surface area contributed by atoms with E-state index in [0.29, 0.717) is 36.6 Å². The highest BCUT2D eigenvalue weighted by molar-refractivity contribution is 5.75. The van der Waals surface area contributed by atoms with Crippen LogP contribution in [0.25, 0.3) is 11.3 Å². The average molecular weight is 445 g/mol. The van der Waals surface area contributed by atoms with Crippen molar-refractivity contribution in [2.75, 3.05) is 18.4 Å². The summed E-state index contributed by atoms with van der Waals surface area (Å²) in [7, 11) is 0. The minimum atomic E-state index is -4.57. The first kappa shape index (κ1) is 21.6. The van der Waals surface area contributed by atoms with Gasteiger partial charge in [0.2, 0.25) is 5.95 Å². The number of nitrogens with zero attached hydrogens (tertiary/aromatic N) is 5. The van der Waals surface area contributed by atoms with Crippen LogP contribution in [0.1, 0.15) is 24.5 Å². The molecule has 2 aromatic heterocycles. The standard InChI is InChI=1S/C21H22F3N7O/c1-2-31-13-16(12-27-31)28-19-25-7-6-18(29-19)14-4-5-15(17(10-14)21(22,23)24)11-26-20(32)30-8-3-9-30/h4-7,10,12-13H,2-3,8-9,11H2,1H3,(H,26,32)(H,25,28,29). The number of nitrogens with one attached hydrogen (secondary N) is 2. The molecule has 1 fully saturated rings. The highest BCUT2D eigenvalue weighted by Gasteiger charge is 2.34. The van der Waals surface area contributed by atoms with E-state index in [2.05, 4.69) is 25.7 Å². The van der Waals surface area contributed by atoms with Crippen LogP contribution < -0.4 is 10.6 Å². The molecule has 1 aliphatic rings. The Morgan fingerprint density at radius 1 is 1.22 bits per heavy atom. The van der Waals surface area contributed by atoms with Crippen molar-refractivity contribution in [3.8, 4) is 11.3 Å². The third-order valence-corrected chi connectivity index (χ3v) is 5.15. The van der Waals surface area contributed by atoms with Gasteiger partial charge in [-0.2, -0.15) is 18.3 Å². The van der Waals surface area contributed by atoms with Crippen molar-refractivity contribution in [2.24, 2.45) is 0 Å². The van der Waals surface area contributed by atoms with E-state index in [1.807, 2.05) is 6.92 Å². The number of carbonyl (C=O) groups excluding carboxylic acids is 1. The van der Waals surface area contributed by atoms with Gasteiger partial charge in [-0.1, -0.05) is 12.1 Å². The van der Waals surface area contributed by atoms with Gasteiger partial charge < -0.3 is 15.5 Å². The van der Waals surface area contributed by atoms with Crippen molar-refractivity contribution >= 4 is 17.7 Å². The maximum absolute atomic E-state index is 13.7. The second kappa shape index (κ2) is 8.85. The van der Waals surface area contributed by atoms with Crippen LogP contribution in [0.4, 0.5) is 29.6 Å². The highest BCUT2D eigenvalue weighted by Crippen LogP contribution is 2.35. The molecule has 2 amide bonds. The zero-order valence-electron chi connectivity index (χ0n) is 17.4. The van der Waals surface area contributed by atoms with Crippen LogP contribution in [0.5, 0.6) is 0 Å². The largest absolute Gasteiger partial charge is 0.416 e. The van der Waals surface area contributed by atoms with Crippen molar-refractivity contribution in [2.45, 2.75) is 32.6 Å². The van der Waals surface area contributed by atoms with Crippen LogP contribution >= 0.6 is 0 Å². The number of aryl methyl sites for hydroxylation is 1. The van der Waals surface area contributed by atoms with Gasteiger partial charge >= 0.3 is 12.2 Å². The van der Waals surface area contributed by atoms with E-state index in [4.69, 9.17) is 0 Å². The molecule has 2 N–H and O–H groups in total. The minimum Gasteiger partial charge on any atom is -0.334 e. The van der Waals surface area contributed by atoms with Crippen molar-refractivity contribution in [1.29, 1.82) is 0 Å². The van der Waals surface area contributed by atoms with Crippen LogP contribution in [0.15, 0.2) is 42.9 Å². The van der Waals surface area contributed by atoms with E-state index >= 15 is 0 Å². The van der Waals surface area contributed by atoms with Gasteiger partial charge in [0.05, 0.1) is 23.1 Å².